The van der Waals surface area contributed by atoms with E-state index in [0.717, 1.165) is 15.9 Å². The molecule has 1 N–H and O–H groups in total. The summed E-state index contributed by atoms with van der Waals surface area (Å²) >= 11 is 0. The second-order valence-corrected chi connectivity index (χ2v) is 7.32. The molecule has 31 heavy (non-hydrogen) atoms. The molecular formula is C23H25N5O3. The van der Waals surface area contributed by atoms with Crippen LogP contribution in [-0.2, 0) is 27.2 Å². The monoisotopic (exact) mass is 419 g/mol. The van der Waals surface area contributed by atoms with Crippen molar-refractivity contribution >= 4 is 17.1 Å². The Bertz CT molecular complexity index is 1290. The lowest BCUT2D eigenvalue weighted by atomic mass is 10.2. The molecule has 2 aromatic heterocycles. The van der Waals surface area contributed by atoms with E-state index in [1.54, 1.807) is 7.05 Å². The number of benzene rings is 2. The van der Waals surface area contributed by atoms with Gasteiger partial charge in [-0.05, 0) is 24.1 Å². The number of hydrogen-bond donors (Lipinski definition) is 1. The van der Waals surface area contributed by atoms with Crippen LogP contribution in [0.15, 0.2) is 70.3 Å². The number of nitrogens with one attached hydrogen (secondary N) is 1. The molecule has 0 radical (unpaired) electrons. The van der Waals surface area contributed by atoms with E-state index in [1.807, 2.05) is 65.2 Å². The molecule has 0 amide bonds. The number of para-hydroxylation sites is 1. The number of aryl methyl sites for hydroxylation is 2. The highest BCUT2D eigenvalue weighted by Crippen LogP contribution is 2.17. The number of imidazole rings is 1. The number of hydrogen-bond acceptors (Lipinski definition) is 5. The Balaban J connectivity index is 1.63. The van der Waals surface area contributed by atoms with Gasteiger partial charge in [-0.2, -0.15) is 4.98 Å². The first-order chi connectivity index (χ1) is 15.1. The van der Waals surface area contributed by atoms with E-state index in [9.17, 15) is 9.59 Å². The van der Waals surface area contributed by atoms with Crippen LogP contribution in [0, 0.1) is 0 Å². The average molecular weight is 419 g/mol. The van der Waals surface area contributed by atoms with Crippen LogP contribution in [0.5, 0.6) is 5.75 Å². The maximum atomic E-state index is 12.9. The van der Waals surface area contributed by atoms with E-state index in [-0.39, 0.29) is 5.56 Å². The minimum Gasteiger partial charge on any atom is -0.494 e. The van der Waals surface area contributed by atoms with E-state index in [4.69, 9.17) is 4.74 Å². The summed E-state index contributed by atoms with van der Waals surface area (Å²) < 4.78 is 10.1. The molecule has 0 aliphatic heterocycles. The quantitative estimate of drug-likeness (QED) is 0.444. The Kier molecular flexibility index (Phi) is 5.88. The number of ether oxygens (including phenoxy) is 1. The van der Waals surface area contributed by atoms with Gasteiger partial charge < -0.3 is 14.6 Å². The van der Waals surface area contributed by atoms with Crippen molar-refractivity contribution < 1.29 is 4.74 Å². The highest BCUT2D eigenvalue weighted by Gasteiger charge is 2.19. The molecule has 8 heteroatoms. The van der Waals surface area contributed by atoms with Crippen LogP contribution in [0.4, 0.5) is 5.95 Å². The topological polar surface area (TPSA) is 83.1 Å². The van der Waals surface area contributed by atoms with Gasteiger partial charge in [-0.1, -0.05) is 48.5 Å². The van der Waals surface area contributed by atoms with E-state index in [0.29, 0.717) is 43.2 Å². The van der Waals surface area contributed by atoms with Crippen molar-refractivity contribution in [3.05, 3.63) is 87.1 Å². The fourth-order valence-corrected chi connectivity index (χ4v) is 3.51. The third-order valence-corrected chi connectivity index (χ3v) is 5.18. The number of aromatic nitrogens is 4. The molecule has 0 atom stereocenters. The van der Waals surface area contributed by atoms with Gasteiger partial charge in [-0.15, -0.1) is 0 Å². The molecule has 0 bridgehead atoms. The van der Waals surface area contributed by atoms with Gasteiger partial charge in [-0.3, -0.25) is 13.9 Å². The van der Waals surface area contributed by atoms with Crippen molar-refractivity contribution in [3.63, 3.8) is 0 Å². The lowest BCUT2D eigenvalue weighted by Gasteiger charge is -2.12. The van der Waals surface area contributed by atoms with Crippen LogP contribution in [0.2, 0.25) is 0 Å². The predicted octanol–water partition coefficient (Wildman–Crippen LogP) is 2.51. The normalized spacial score (nSPS) is 11.0. The zero-order valence-corrected chi connectivity index (χ0v) is 17.6. The largest absolute Gasteiger partial charge is 0.494 e. The van der Waals surface area contributed by atoms with Gasteiger partial charge in [0.05, 0.1) is 6.61 Å². The minimum atomic E-state index is -0.399. The van der Waals surface area contributed by atoms with Crippen LogP contribution in [0.1, 0.15) is 12.0 Å². The zero-order valence-electron chi connectivity index (χ0n) is 17.6. The van der Waals surface area contributed by atoms with E-state index >= 15 is 0 Å². The second kappa shape index (κ2) is 8.91. The summed E-state index contributed by atoms with van der Waals surface area (Å²) in [6.45, 7) is 1.57. The van der Waals surface area contributed by atoms with Gasteiger partial charge in [0.25, 0.3) is 5.56 Å². The maximum Gasteiger partial charge on any atom is 0.332 e. The van der Waals surface area contributed by atoms with Gasteiger partial charge in [-0.25, -0.2) is 4.79 Å². The predicted molar refractivity (Wildman–Crippen MR) is 121 cm³/mol. The Morgan fingerprint density at radius 1 is 0.935 bits per heavy atom. The van der Waals surface area contributed by atoms with Crippen molar-refractivity contribution in [1.82, 2.24) is 18.7 Å². The Morgan fingerprint density at radius 3 is 2.32 bits per heavy atom. The molecule has 2 aromatic carbocycles. The SMILES string of the molecule is Cn1c(=O)c2c(nc(NCc3ccccc3)n2CCCOc2ccccc2)n(C)c1=O. The molecular weight excluding hydrogens is 394 g/mol. The second-order valence-electron chi connectivity index (χ2n) is 7.32. The number of nitrogens with zero attached hydrogens (tertiary/aromatic N) is 4. The van der Waals surface area contributed by atoms with Crippen LogP contribution < -0.4 is 21.3 Å². The van der Waals surface area contributed by atoms with E-state index in [2.05, 4.69) is 10.3 Å². The van der Waals surface area contributed by atoms with Crippen molar-refractivity contribution in [2.45, 2.75) is 19.5 Å². The van der Waals surface area contributed by atoms with E-state index < -0.39 is 5.69 Å². The smallest absolute Gasteiger partial charge is 0.332 e. The molecule has 0 aliphatic carbocycles. The van der Waals surface area contributed by atoms with Crippen molar-refractivity contribution in [1.29, 1.82) is 0 Å². The number of anilines is 1. The molecule has 8 nitrogen and oxygen atoms in total. The van der Waals surface area contributed by atoms with Gasteiger partial charge in [0.1, 0.15) is 5.75 Å². The standard InChI is InChI=1S/C23H25N5O3/c1-26-20-19(21(29)27(2)23(26)30)28(14-9-15-31-18-12-7-4-8-13-18)22(25-20)24-16-17-10-5-3-6-11-17/h3-8,10-13H,9,14-16H2,1-2H3,(H,24,25). The Labute approximate surface area is 179 Å². The van der Waals surface area contributed by atoms with Gasteiger partial charge in [0.15, 0.2) is 11.2 Å². The zero-order chi connectivity index (χ0) is 21.8. The summed E-state index contributed by atoms with van der Waals surface area (Å²) in [5, 5.41) is 3.32. The molecule has 0 saturated carbocycles. The lowest BCUT2D eigenvalue weighted by molar-refractivity contribution is 0.303. The first-order valence-electron chi connectivity index (χ1n) is 10.2. The first-order valence-corrected chi connectivity index (χ1v) is 10.2. The summed E-state index contributed by atoms with van der Waals surface area (Å²) in [6, 6.07) is 19.5. The molecule has 160 valence electrons. The first kappa shape index (κ1) is 20.5. The fraction of sp³-hybridized carbons (Fsp3) is 0.261. The Hall–Kier alpha value is -3.81. The third-order valence-electron chi connectivity index (χ3n) is 5.18. The summed E-state index contributed by atoms with van der Waals surface area (Å²) in [5.74, 6) is 1.36. The number of rotatable bonds is 8. The highest BCUT2D eigenvalue weighted by molar-refractivity contribution is 5.74. The molecule has 0 fully saturated rings. The third kappa shape index (κ3) is 4.23. The molecule has 0 aliphatic rings. The molecule has 4 aromatic rings. The van der Waals surface area contributed by atoms with Crippen LogP contribution in [0.25, 0.3) is 11.2 Å². The summed E-state index contributed by atoms with van der Waals surface area (Å²) in [5.41, 5.74) is 1.11. The summed E-state index contributed by atoms with van der Waals surface area (Å²) in [7, 11) is 3.11. The van der Waals surface area contributed by atoms with Crippen molar-refractivity contribution in [3.8, 4) is 5.75 Å². The number of fused-ring (bicyclic) bond motifs is 1. The average Bonchev–Trinajstić information content (AvgIpc) is 3.17. The molecule has 0 saturated heterocycles. The summed E-state index contributed by atoms with van der Waals surface area (Å²) in [6.07, 6.45) is 0.673. The van der Waals surface area contributed by atoms with Gasteiger partial charge in [0, 0.05) is 27.2 Å². The maximum absolute atomic E-state index is 12.9. The lowest BCUT2D eigenvalue weighted by Crippen LogP contribution is -2.37. The van der Waals surface area contributed by atoms with E-state index in [1.165, 1.54) is 11.6 Å². The van der Waals surface area contributed by atoms with Crippen LogP contribution in [-0.4, -0.2) is 25.3 Å². The van der Waals surface area contributed by atoms with Crippen molar-refractivity contribution in [2.24, 2.45) is 14.1 Å². The molecule has 0 unspecified atom stereocenters. The Morgan fingerprint density at radius 2 is 1.61 bits per heavy atom. The molecule has 4 rings (SSSR count). The fourth-order valence-electron chi connectivity index (χ4n) is 3.51. The highest BCUT2D eigenvalue weighted by atomic mass is 16.5. The summed E-state index contributed by atoms with van der Waals surface area (Å²) in [4.78, 5) is 29.8. The molecule has 2 heterocycles. The van der Waals surface area contributed by atoms with Gasteiger partial charge in [0.2, 0.25) is 5.95 Å². The van der Waals surface area contributed by atoms with Crippen LogP contribution >= 0.6 is 0 Å². The van der Waals surface area contributed by atoms with Crippen LogP contribution in [0.3, 0.4) is 0 Å². The van der Waals surface area contributed by atoms with Crippen molar-refractivity contribution in [2.75, 3.05) is 11.9 Å². The van der Waals surface area contributed by atoms with Gasteiger partial charge >= 0.3 is 5.69 Å². The minimum absolute atomic E-state index is 0.359. The molecule has 0 spiro atoms.